The molecule has 1 aliphatic rings. The van der Waals surface area contributed by atoms with Crippen LogP contribution in [0.25, 0.3) is 0 Å². The lowest BCUT2D eigenvalue weighted by atomic mass is 10.1. The Hall–Kier alpha value is -3.58. The average Bonchev–Trinajstić information content (AvgIpc) is 2.95. The topological polar surface area (TPSA) is 127 Å². The van der Waals surface area contributed by atoms with Crippen molar-refractivity contribution in [3.05, 3.63) is 33.7 Å². The Bertz CT molecular complexity index is 1120. The fourth-order valence-electron chi connectivity index (χ4n) is 3.66. The number of hydrogen-bond donors (Lipinski definition) is 2. The van der Waals surface area contributed by atoms with Crippen LogP contribution < -0.4 is 20.1 Å². The van der Waals surface area contributed by atoms with Crippen LogP contribution in [0.5, 0.6) is 11.5 Å². The minimum absolute atomic E-state index is 0.0104. The zero-order valence-electron chi connectivity index (χ0n) is 18.7. The summed E-state index contributed by atoms with van der Waals surface area (Å²) in [6.45, 7) is 0.745. The summed E-state index contributed by atoms with van der Waals surface area (Å²) < 4.78 is 15.6. The van der Waals surface area contributed by atoms with E-state index in [2.05, 4.69) is 16.7 Å². The van der Waals surface area contributed by atoms with Crippen LogP contribution >= 0.6 is 11.3 Å². The number of benzene rings is 1. The molecule has 0 atom stereocenters. The van der Waals surface area contributed by atoms with Crippen LogP contribution in [-0.2, 0) is 27.2 Å². The number of rotatable bonds is 7. The Morgan fingerprint density at radius 1 is 1.06 bits per heavy atom. The monoisotopic (exact) mass is 471 g/mol. The van der Waals surface area contributed by atoms with E-state index in [9.17, 15) is 19.6 Å². The molecular formula is C23H25N3O6S. The largest absolute Gasteiger partial charge is 0.493 e. The predicted molar refractivity (Wildman–Crippen MR) is 123 cm³/mol. The first-order valence-corrected chi connectivity index (χ1v) is 11.2. The predicted octanol–water partition coefficient (Wildman–Crippen LogP) is 3.66. The fourth-order valence-corrected chi connectivity index (χ4v) is 4.92. The molecule has 0 saturated carbocycles. The molecule has 2 N–H and O–H groups in total. The SMILES string of the molecule is COc1cc(NC(C)=O)c(C(=O)OCC(=O)Nc2sc3c(c2C#N)CCCCC3)cc1OC. The maximum atomic E-state index is 12.7. The number of carbonyl (C=O) groups is 3. The van der Waals surface area contributed by atoms with Gasteiger partial charge in [-0.05, 0) is 31.2 Å². The second kappa shape index (κ2) is 10.8. The molecule has 1 aromatic heterocycles. The zero-order valence-corrected chi connectivity index (χ0v) is 19.5. The second-order valence-corrected chi connectivity index (χ2v) is 8.54. The molecule has 2 amide bonds. The van der Waals surface area contributed by atoms with Gasteiger partial charge in [0, 0.05) is 23.9 Å². The molecule has 0 unspecified atom stereocenters. The van der Waals surface area contributed by atoms with Gasteiger partial charge in [0.05, 0.1) is 31.0 Å². The summed E-state index contributed by atoms with van der Waals surface area (Å²) in [6, 6.07) is 5.01. The first-order chi connectivity index (χ1) is 15.9. The molecule has 0 spiro atoms. The highest BCUT2D eigenvalue weighted by Crippen LogP contribution is 2.37. The number of nitrogens with one attached hydrogen (secondary N) is 2. The fraction of sp³-hybridized carbons (Fsp3) is 0.391. The normalized spacial score (nSPS) is 12.5. The van der Waals surface area contributed by atoms with Crippen LogP contribution in [0, 0.1) is 11.3 Å². The summed E-state index contributed by atoms with van der Waals surface area (Å²) in [7, 11) is 2.84. The average molecular weight is 472 g/mol. The van der Waals surface area contributed by atoms with Gasteiger partial charge in [-0.25, -0.2) is 4.79 Å². The van der Waals surface area contributed by atoms with Gasteiger partial charge in [-0.1, -0.05) is 6.42 Å². The number of hydrogen-bond acceptors (Lipinski definition) is 8. The minimum Gasteiger partial charge on any atom is -0.493 e. The van der Waals surface area contributed by atoms with E-state index in [0.29, 0.717) is 16.3 Å². The molecule has 1 aromatic carbocycles. The van der Waals surface area contributed by atoms with Gasteiger partial charge in [-0.2, -0.15) is 5.26 Å². The number of methoxy groups -OCH3 is 2. The number of anilines is 2. The number of carbonyl (C=O) groups excluding carboxylic acids is 3. The van der Waals surface area contributed by atoms with E-state index in [1.54, 1.807) is 0 Å². The second-order valence-electron chi connectivity index (χ2n) is 7.44. The molecule has 0 aliphatic heterocycles. The number of ether oxygens (including phenoxy) is 3. The van der Waals surface area contributed by atoms with Crippen molar-refractivity contribution >= 4 is 39.8 Å². The lowest BCUT2D eigenvalue weighted by molar-refractivity contribution is -0.119. The molecule has 33 heavy (non-hydrogen) atoms. The Balaban J connectivity index is 1.73. The summed E-state index contributed by atoms with van der Waals surface area (Å²) in [5.74, 6) is -1.19. The molecule has 0 saturated heterocycles. The van der Waals surface area contributed by atoms with Crippen LogP contribution in [0.15, 0.2) is 12.1 Å². The molecule has 0 bridgehead atoms. The number of fused-ring (bicyclic) bond motifs is 1. The molecule has 1 aliphatic carbocycles. The number of amides is 2. The molecule has 3 rings (SSSR count). The van der Waals surface area contributed by atoms with Crippen LogP contribution in [0.4, 0.5) is 10.7 Å². The van der Waals surface area contributed by atoms with Gasteiger partial charge in [-0.3, -0.25) is 9.59 Å². The van der Waals surface area contributed by atoms with E-state index >= 15 is 0 Å². The van der Waals surface area contributed by atoms with Gasteiger partial charge in [0.25, 0.3) is 5.91 Å². The number of nitrogens with zero attached hydrogens (tertiary/aromatic N) is 1. The van der Waals surface area contributed by atoms with Crippen molar-refractivity contribution in [3.8, 4) is 17.6 Å². The lowest BCUT2D eigenvalue weighted by Gasteiger charge is -2.14. The van der Waals surface area contributed by atoms with Crippen molar-refractivity contribution in [2.24, 2.45) is 0 Å². The summed E-state index contributed by atoms with van der Waals surface area (Å²) >= 11 is 1.40. The summed E-state index contributed by atoms with van der Waals surface area (Å²) in [5.41, 5.74) is 1.68. The van der Waals surface area contributed by atoms with Crippen LogP contribution in [-0.4, -0.2) is 38.6 Å². The first kappa shape index (κ1) is 24.1. The zero-order chi connectivity index (χ0) is 24.0. The van der Waals surface area contributed by atoms with E-state index < -0.39 is 24.4 Å². The molecule has 0 fully saturated rings. The van der Waals surface area contributed by atoms with E-state index in [1.165, 1.54) is 44.6 Å². The Morgan fingerprint density at radius 2 is 1.76 bits per heavy atom. The standard InChI is InChI=1S/C23H25N3O6S/c1-13(27)25-17-10-19(31-3)18(30-2)9-15(17)23(29)32-12-21(28)26-22-16(11-24)14-7-5-4-6-8-20(14)33-22/h9-10H,4-8,12H2,1-3H3,(H,25,27)(H,26,28). The highest BCUT2D eigenvalue weighted by Gasteiger charge is 2.23. The molecule has 9 nitrogen and oxygen atoms in total. The summed E-state index contributed by atoms with van der Waals surface area (Å²) in [5, 5.41) is 15.3. The van der Waals surface area contributed by atoms with Crippen molar-refractivity contribution in [2.75, 3.05) is 31.5 Å². The van der Waals surface area contributed by atoms with Gasteiger partial charge in [0.15, 0.2) is 18.1 Å². The van der Waals surface area contributed by atoms with E-state index in [1.807, 2.05) is 0 Å². The van der Waals surface area contributed by atoms with Crippen molar-refractivity contribution < 1.29 is 28.6 Å². The van der Waals surface area contributed by atoms with Crippen molar-refractivity contribution in [3.63, 3.8) is 0 Å². The number of aryl methyl sites for hydroxylation is 1. The molecular weight excluding hydrogens is 446 g/mol. The maximum absolute atomic E-state index is 12.7. The van der Waals surface area contributed by atoms with Gasteiger partial charge in [-0.15, -0.1) is 11.3 Å². The molecule has 2 aromatic rings. The van der Waals surface area contributed by atoms with Crippen molar-refractivity contribution in [1.82, 2.24) is 0 Å². The van der Waals surface area contributed by atoms with Gasteiger partial charge < -0.3 is 24.8 Å². The third-order valence-electron chi connectivity index (χ3n) is 5.17. The smallest absolute Gasteiger partial charge is 0.340 e. The minimum atomic E-state index is -0.822. The highest BCUT2D eigenvalue weighted by atomic mass is 32.1. The Labute approximate surface area is 195 Å². The van der Waals surface area contributed by atoms with Gasteiger partial charge >= 0.3 is 5.97 Å². The number of nitriles is 1. The molecule has 0 radical (unpaired) electrons. The third kappa shape index (κ3) is 5.62. The van der Waals surface area contributed by atoms with Crippen LogP contribution in [0.1, 0.15) is 52.5 Å². The van der Waals surface area contributed by atoms with Gasteiger partial charge in [0.1, 0.15) is 11.1 Å². The quantitative estimate of drug-likeness (QED) is 0.466. The number of esters is 1. The van der Waals surface area contributed by atoms with E-state index in [4.69, 9.17) is 14.2 Å². The molecule has 1 heterocycles. The lowest BCUT2D eigenvalue weighted by Crippen LogP contribution is -2.22. The molecule has 174 valence electrons. The summed E-state index contributed by atoms with van der Waals surface area (Å²) in [6.07, 6.45) is 4.92. The maximum Gasteiger partial charge on any atom is 0.340 e. The van der Waals surface area contributed by atoms with Crippen LogP contribution in [0.2, 0.25) is 0 Å². The van der Waals surface area contributed by atoms with Gasteiger partial charge in [0.2, 0.25) is 5.91 Å². The van der Waals surface area contributed by atoms with E-state index in [0.717, 1.165) is 42.5 Å². The van der Waals surface area contributed by atoms with Crippen molar-refractivity contribution in [2.45, 2.75) is 39.0 Å². The highest BCUT2D eigenvalue weighted by molar-refractivity contribution is 7.16. The number of thiophene rings is 1. The van der Waals surface area contributed by atoms with Crippen LogP contribution in [0.3, 0.4) is 0 Å². The molecule has 10 heteroatoms. The Morgan fingerprint density at radius 3 is 2.42 bits per heavy atom. The van der Waals surface area contributed by atoms with E-state index in [-0.39, 0.29) is 17.0 Å². The van der Waals surface area contributed by atoms with Crippen molar-refractivity contribution in [1.29, 1.82) is 5.26 Å². The summed E-state index contributed by atoms with van der Waals surface area (Å²) in [4.78, 5) is 37.8. The third-order valence-corrected chi connectivity index (χ3v) is 6.38. The Kier molecular flexibility index (Phi) is 7.90. The first-order valence-electron chi connectivity index (χ1n) is 10.4.